The summed E-state index contributed by atoms with van der Waals surface area (Å²) >= 11 is 0. The maximum Gasteiger partial charge on any atom is -0.0230 e. The average molecular weight is 190 g/mol. The topological polar surface area (TPSA) is 0 Å². The maximum absolute atomic E-state index is 2.28. The summed E-state index contributed by atoms with van der Waals surface area (Å²) in [5.41, 5.74) is 3.31. The molecule has 0 nitrogen and oxygen atoms in total. The second-order valence-electron chi connectivity index (χ2n) is 5.30. The molecule has 0 spiro atoms. The quantitative estimate of drug-likeness (QED) is 0.669. The molecule has 0 heterocycles. The Morgan fingerprint density at radius 1 is 0.929 bits per heavy atom. The van der Waals surface area contributed by atoms with Gasteiger partial charge in [-0.3, -0.25) is 0 Å². The fourth-order valence-corrected chi connectivity index (χ4v) is 1.72. The van der Waals surface area contributed by atoms with E-state index in [-0.39, 0.29) is 0 Å². The normalized spacial score (nSPS) is 11.7. The molecule has 0 bridgehead atoms. The first-order chi connectivity index (χ1) is 6.51. The van der Waals surface area contributed by atoms with Crippen LogP contribution in [-0.4, -0.2) is 0 Å². The highest BCUT2D eigenvalue weighted by Gasteiger charge is 2.10. The minimum Gasteiger partial charge on any atom is -0.0651 e. The molecule has 0 aliphatic rings. The van der Waals surface area contributed by atoms with Crippen LogP contribution in [0, 0.1) is 5.41 Å². The molecule has 0 aliphatic heterocycles. The van der Waals surface area contributed by atoms with Crippen molar-refractivity contribution >= 4 is 0 Å². The van der Waals surface area contributed by atoms with Crippen LogP contribution in [0.3, 0.4) is 0 Å². The monoisotopic (exact) mass is 190 g/mol. The minimum atomic E-state index is 0.395. The average Bonchev–Trinajstić information content (AvgIpc) is 2.06. The Balaban J connectivity index is 2.64. The molecular formula is C14H22. The van der Waals surface area contributed by atoms with Crippen molar-refractivity contribution in [1.29, 1.82) is 0 Å². The highest BCUT2D eigenvalue weighted by molar-refractivity contribution is 5.23. The van der Waals surface area contributed by atoms with Crippen molar-refractivity contribution in [2.45, 2.75) is 47.0 Å². The molecule has 14 heavy (non-hydrogen) atoms. The van der Waals surface area contributed by atoms with Crippen LogP contribution in [0.5, 0.6) is 0 Å². The van der Waals surface area contributed by atoms with Crippen LogP contribution in [0.1, 0.15) is 45.2 Å². The molecule has 0 N–H and O–H groups in total. The highest BCUT2D eigenvalue weighted by Crippen LogP contribution is 2.20. The number of hydrogen-bond acceptors (Lipinski definition) is 0. The summed E-state index contributed by atoms with van der Waals surface area (Å²) in [4.78, 5) is 0. The summed E-state index contributed by atoms with van der Waals surface area (Å²) < 4.78 is 0. The lowest BCUT2D eigenvalue weighted by atomic mass is 9.88. The van der Waals surface area contributed by atoms with E-state index in [9.17, 15) is 0 Å². The third-order valence-electron chi connectivity index (χ3n) is 2.30. The molecular weight excluding hydrogens is 168 g/mol. The lowest BCUT2D eigenvalue weighted by Crippen LogP contribution is -2.08. The van der Waals surface area contributed by atoms with Gasteiger partial charge in [0.25, 0.3) is 0 Å². The number of aryl methyl sites for hydroxylation is 1. The second kappa shape index (κ2) is 4.63. The zero-order valence-corrected chi connectivity index (χ0v) is 9.93. The fraction of sp³-hybridized carbons (Fsp3) is 0.571. The van der Waals surface area contributed by atoms with Crippen LogP contribution in [0.25, 0.3) is 0 Å². The molecule has 0 unspecified atom stereocenters. The molecule has 0 atom stereocenters. The molecule has 78 valence electrons. The molecule has 1 aromatic carbocycles. The van der Waals surface area contributed by atoms with Crippen molar-refractivity contribution in [3.63, 3.8) is 0 Å². The van der Waals surface area contributed by atoms with Crippen LogP contribution in [-0.2, 0) is 12.8 Å². The Kier molecular flexibility index (Phi) is 3.74. The van der Waals surface area contributed by atoms with Gasteiger partial charge in [0.2, 0.25) is 0 Å². The van der Waals surface area contributed by atoms with Gasteiger partial charge in [-0.1, -0.05) is 58.4 Å². The van der Waals surface area contributed by atoms with Gasteiger partial charge in [-0.05, 0) is 29.4 Å². The fourth-order valence-electron chi connectivity index (χ4n) is 1.72. The summed E-state index contributed by atoms with van der Waals surface area (Å²) in [5, 5.41) is 0. The smallest absolute Gasteiger partial charge is 0.0230 e. The van der Waals surface area contributed by atoms with Gasteiger partial charge >= 0.3 is 0 Å². The third-order valence-corrected chi connectivity index (χ3v) is 2.30. The van der Waals surface area contributed by atoms with Crippen LogP contribution < -0.4 is 0 Å². The van der Waals surface area contributed by atoms with Crippen LogP contribution in [0.15, 0.2) is 24.3 Å². The van der Waals surface area contributed by atoms with Gasteiger partial charge < -0.3 is 0 Å². The van der Waals surface area contributed by atoms with Crippen molar-refractivity contribution < 1.29 is 0 Å². The number of hydrogen-bond donors (Lipinski definition) is 0. The predicted octanol–water partition coefficient (Wildman–Crippen LogP) is 4.23. The van der Waals surface area contributed by atoms with Gasteiger partial charge in [0, 0.05) is 0 Å². The third kappa shape index (κ3) is 3.95. The molecule has 0 aromatic heterocycles. The Morgan fingerprint density at radius 2 is 1.43 bits per heavy atom. The number of rotatable bonds is 3. The highest BCUT2D eigenvalue weighted by atomic mass is 14.2. The Bertz CT molecular complexity index is 261. The summed E-state index contributed by atoms with van der Waals surface area (Å²) in [5.74, 6) is 0. The van der Waals surface area contributed by atoms with Gasteiger partial charge in [-0.2, -0.15) is 0 Å². The van der Waals surface area contributed by atoms with E-state index in [0.717, 1.165) is 0 Å². The van der Waals surface area contributed by atoms with E-state index in [4.69, 9.17) is 0 Å². The van der Waals surface area contributed by atoms with Crippen molar-refractivity contribution in [2.24, 2.45) is 5.41 Å². The Labute approximate surface area is 88.4 Å². The van der Waals surface area contributed by atoms with E-state index >= 15 is 0 Å². The Morgan fingerprint density at radius 3 is 1.86 bits per heavy atom. The van der Waals surface area contributed by atoms with Crippen molar-refractivity contribution in [1.82, 2.24) is 0 Å². The van der Waals surface area contributed by atoms with E-state index < -0.39 is 0 Å². The lowest BCUT2D eigenvalue weighted by molar-refractivity contribution is 0.411. The van der Waals surface area contributed by atoms with Crippen LogP contribution in [0.2, 0.25) is 0 Å². The molecule has 0 saturated carbocycles. The molecule has 0 radical (unpaired) electrons. The SMILES string of the molecule is CCCc1ccc(CC(C)(C)C)cc1. The first kappa shape index (κ1) is 11.3. The molecule has 0 saturated heterocycles. The largest absolute Gasteiger partial charge is 0.0651 e. The van der Waals surface area contributed by atoms with Crippen molar-refractivity contribution in [3.8, 4) is 0 Å². The second-order valence-corrected chi connectivity index (χ2v) is 5.30. The summed E-state index contributed by atoms with van der Waals surface area (Å²) in [6.07, 6.45) is 3.60. The van der Waals surface area contributed by atoms with Gasteiger partial charge in [0.15, 0.2) is 0 Å². The standard InChI is InChI=1S/C14H22/c1-5-6-12-7-9-13(10-8-12)11-14(2,3)4/h7-10H,5-6,11H2,1-4H3. The zero-order chi connectivity index (χ0) is 10.6. The Hall–Kier alpha value is -0.780. The summed E-state index contributed by atoms with van der Waals surface area (Å²) in [7, 11) is 0. The van der Waals surface area contributed by atoms with Gasteiger partial charge in [-0.25, -0.2) is 0 Å². The molecule has 1 aromatic rings. The molecule has 0 heteroatoms. The van der Waals surface area contributed by atoms with E-state index in [1.54, 1.807) is 0 Å². The number of benzene rings is 1. The zero-order valence-electron chi connectivity index (χ0n) is 9.93. The maximum atomic E-state index is 2.28. The van der Waals surface area contributed by atoms with Gasteiger partial charge in [0.05, 0.1) is 0 Å². The van der Waals surface area contributed by atoms with E-state index in [2.05, 4.69) is 52.0 Å². The lowest BCUT2D eigenvalue weighted by Gasteiger charge is -2.18. The van der Waals surface area contributed by atoms with Crippen LogP contribution in [0.4, 0.5) is 0 Å². The summed E-state index contributed by atoms with van der Waals surface area (Å²) in [6, 6.07) is 9.08. The van der Waals surface area contributed by atoms with E-state index in [1.165, 1.54) is 30.4 Å². The van der Waals surface area contributed by atoms with Crippen molar-refractivity contribution in [3.05, 3.63) is 35.4 Å². The van der Waals surface area contributed by atoms with Crippen molar-refractivity contribution in [2.75, 3.05) is 0 Å². The molecule has 0 amide bonds. The van der Waals surface area contributed by atoms with Gasteiger partial charge in [-0.15, -0.1) is 0 Å². The minimum absolute atomic E-state index is 0.395. The predicted molar refractivity (Wildman–Crippen MR) is 63.6 cm³/mol. The first-order valence-electron chi connectivity index (χ1n) is 5.59. The van der Waals surface area contributed by atoms with E-state index in [1.807, 2.05) is 0 Å². The molecule has 0 aliphatic carbocycles. The van der Waals surface area contributed by atoms with E-state index in [0.29, 0.717) is 5.41 Å². The van der Waals surface area contributed by atoms with Crippen LogP contribution >= 0.6 is 0 Å². The molecule has 1 rings (SSSR count). The molecule has 0 fully saturated rings. The van der Waals surface area contributed by atoms with Gasteiger partial charge in [0.1, 0.15) is 0 Å². The first-order valence-corrected chi connectivity index (χ1v) is 5.59. The summed E-state index contributed by atoms with van der Waals surface area (Å²) in [6.45, 7) is 9.08.